The van der Waals surface area contributed by atoms with Crippen molar-refractivity contribution in [1.29, 1.82) is 0 Å². The lowest BCUT2D eigenvalue weighted by Crippen LogP contribution is -2.27. The van der Waals surface area contributed by atoms with Gasteiger partial charge in [-0.25, -0.2) is 0 Å². The van der Waals surface area contributed by atoms with E-state index in [2.05, 4.69) is 0 Å². The first-order valence-electron chi connectivity index (χ1n) is 8.71. The minimum atomic E-state index is -0.487. The van der Waals surface area contributed by atoms with E-state index in [1.54, 1.807) is 55.5 Å². The number of thioether (sulfide) groups is 1. The fraction of sp³-hybridized carbons (Fsp3) is 0.0952. The molecule has 0 bridgehead atoms. The predicted octanol–water partition coefficient (Wildman–Crippen LogP) is 4.18. The lowest BCUT2D eigenvalue weighted by Gasteiger charge is -2.09. The molecular weight excluding hydrogens is 392 g/mol. The van der Waals surface area contributed by atoms with Crippen LogP contribution in [0.15, 0.2) is 62.5 Å². The highest BCUT2D eigenvalue weighted by atomic mass is 32.2. The highest BCUT2D eigenvalue weighted by molar-refractivity contribution is 8.18. The number of imide groups is 1. The molecule has 0 spiro atoms. The fourth-order valence-electron chi connectivity index (χ4n) is 3.00. The van der Waals surface area contributed by atoms with E-state index in [1.165, 1.54) is 6.26 Å². The molecule has 3 amide bonds. The number of nitrogens with two attached hydrogens (primary N) is 1. The first-order valence-corrected chi connectivity index (χ1v) is 9.52. The molecule has 0 radical (unpaired) electrons. The van der Waals surface area contributed by atoms with Crippen molar-refractivity contribution in [2.75, 3.05) is 0 Å². The molecule has 1 fully saturated rings. The Hall–Kier alpha value is -3.52. The number of hydrogen-bond acceptors (Lipinski definition) is 6. The molecule has 0 aliphatic carbocycles. The smallest absolute Gasteiger partial charge is 0.293 e. The van der Waals surface area contributed by atoms with Gasteiger partial charge in [-0.1, -0.05) is 6.07 Å². The number of primary amides is 1. The number of nitrogens with zero attached hydrogens (tertiary/aromatic N) is 1. The second kappa shape index (κ2) is 7.48. The lowest BCUT2D eigenvalue weighted by atomic mass is 10.0. The largest absolute Gasteiger partial charge is 0.467 e. The molecule has 1 aromatic carbocycles. The van der Waals surface area contributed by atoms with Gasteiger partial charge in [0.25, 0.3) is 11.1 Å². The predicted molar refractivity (Wildman–Crippen MR) is 108 cm³/mol. The number of rotatable bonds is 5. The average molecular weight is 408 g/mol. The summed E-state index contributed by atoms with van der Waals surface area (Å²) in [4.78, 5) is 37.5. The zero-order valence-electron chi connectivity index (χ0n) is 15.4. The maximum Gasteiger partial charge on any atom is 0.293 e. The first-order chi connectivity index (χ1) is 13.9. The van der Waals surface area contributed by atoms with Crippen molar-refractivity contribution in [2.24, 2.45) is 5.73 Å². The van der Waals surface area contributed by atoms with Crippen LogP contribution in [0.25, 0.3) is 17.4 Å². The zero-order chi connectivity index (χ0) is 20.5. The molecule has 0 atom stereocenters. The Morgan fingerprint density at radius 1 is 1.21 bits per heavy atom. The summed E-state index contributed by atoms with van der Waals surface area (Å²) in [7, 11) is 0. The quantitative estimate of drug-likeness (QED) is 0.635. The van der Waals surface area contributed by atoms with Gasteiger partial charge in [-0.05, 0) is 60.6 Å². The van der Waals surface area contributed by atoms with Crippen molar-refractivity contribution < 1.29 is 23.2 Å². The van der Waals surface area contributed by atoms with Crippen molar-refractivity contribution in [3.05, 3.63) is 76.3 Å². The standard InChI is InChI=1S/C21H16N2O5S/c1-12-9-13(4-6-16(12)19(22)24)17-7-5-14(28-17)10-18-20(25)23(21(26)29-18)11-15-3-2-8-27-15/h2-10H,11H2,1H3,(H2,22,24). The molecule has 29 heavy (non-hydrogen) atoms. The van der Waals surface area contributed by atoms with Crippen molar-refractivity contribution >= 4 is 34.9 Å². The van der Waals surface area contributed by atoms with Crippen LogP contribution in [0.1, 0.15) is 27.4 Å². The lowest BCUT2D eigenvalue weighted by molar-refractivity contribution is -0.123. The highest BCUT2D eigenvalue weighted by Gasteiger charge is 2.35. The van der Waals surface area contributed by atoms with Crippen molar-refractivity contribution in [3.63, 3.8) is 0 Å². The number of amides is 3. The summed E-state index contributed by atoms with van der Waals surface area (Å²) in [5.74, 6) is 0.671. The number of aryl methyl sites for hydroxylation is 1. The second-order valence-corrected chi connectivity index (χ2v) is 7.44. The van der Waals surface area contributed by atoms with Crippen LogP contribution in [0, 0.1) is 6.92 Å². The highest BCUT2D eigenvalue weighted by Crippen LogP contribution is 2.34. The number of hydrogen-bond donors (Lipinski definition) is 1. The average Bonchev–Trinajstić information content (AvgIpc) is 3.41. The molecular formula is C21H16N2O5S. The molecule has 4 rings (SSSR count). The van der Waals surface area contributed by atoms with Crippen molar-refractivity contribution in [2.45, 2.75) is 13.5 Å². The van der Waals surface area contributed by atoms with E-state index in [0.29, 0.717) is 22.8 Å². The van der Waals surface area contributed by atoms with Gasteiger partial charge in [0.1, 0.15) is 17.3 Å². The molecule has 1 aliphatic heterocycles. The van der Waals surface area contributed by atoms with Gasteiger partial charge in [-0.15, -0.1) is 0 Å². The maximum atomic E-state index is 12.6. The molecule has 146 valence electrons. The van der Waals surface area contributed by atoms with E-state index < -0.39 is 11.8 Å². The van der Waals surface area contributed by atoms with E-state index in [1.807, 2.05) is 0 Å². The number of carbonyl (C=O) groups is 3. The van der Waals surface area contributed by atoms with Crippen LogP contribution < -0.4 is 5.73 Å². The Bertz CT molecular complexity index is 1140. The number of benzene rings is 1. The Balaban J connectivity index is 1.55. The third-order valence-electron chi connectivity index (χ3n) is 4.44. The summed E-state index contributed by atoms with van der Waals surface area (Å²) in [6.07, 6.45) is 3.04. The Morgan fingerprint density at radius 2 is 2.03 bits per heavy atom. The van der Waals surface area contributed by atoms with Gasteiger partial charge in [0.05, 0.1) is 17.7 Å². The van der Waals surface area contributed by atoms with Gasteiger partial charge < -0.3 is 14.6 Å². The van der Waals surface area contributed by atoms with E-state index in [4.69, 9.17) is 14.6 Å². The van der Waals surface area contributed by atoms with Gasteiger partial charge in [0, 0.05) is 17.2 Å². The summed E-state index contributed by atoms with van der Waals surface area (Å²) in [5, 5.41) is -0.359. The minimum absolute atomic E-state index is 0.0872. The molecule has 0 unspecified atom stereocenters. The Labute approximate surface area is 170 Å². The molecule has 0 saturated carbocycles. The van der Waals surface area contributed by atoms with Crippen molar-refractivity contribution in [3.8, 4) is 11.3 Å². The molecule has 3 heterocycles. The summed E-state index contributed by atoms with van der Waals surface area (Å²) >= 11 is 0.857. The molecule has 2 N–H and O–H groups in total. The van der Waals surface area contributed by atoms with Gasteiger partial charge in [0.15, 0.2) is 0 Å². The molecule has 8 heteroatoms. The van der Waals surface area contributed by atoms with E-state index in [9.17, 15) is 14.4 Å². The summed E-state index contributed by atoms with van der Waals surface area (Å²) in [5.41, 5.74) is 7.30. The van der Waals surface area contributed by atoms with Crippen LogP contribution in [-0.2, 0) is 11.3 Å². The normalized spacial score (nSPS) is 15.5. The second-order valence-electron chi connectivity index (χ2n) is 6.44. The van der Waals surface area contributed by atoms with E-state index >= 15 is 0 Å². The monoisotopic (exact) mass is 408 g/mol. The van der Waals surface area contributed by atoms with Crippen LogP contribution in [-0.4, -0.2) is 22.0 Å². The van der Waals surface area contributed by atoms with E-state index in [0.717, 1.165) is 27.8 Å². The van der Waals surface area contributed by atoms with Crippen LogP contribution in [0.3, 0.4) is 0 Å². The Kier molecular flexibility index (Phi) is 4.85. The molecule has 1 aliphatic rings. The van der Waals surface area contributed by atoms with Crippen LogP contribution in [0.4, 0.5) is 4.79 Å². The zero-order valence-corrected chi connectivity index (χ0v) is 16.2. The van der Waals surface area contributed by atoms with Gasteiger partial charge >= 0.3 is 0 Å². The maximum absolute atomic E-state index is 12.6. The molecule has 7 nitrogen and oxygen atoms in total. The topological polar surface area (TPSA) is 107 Å². The SMILES string of the molecule is Cc1cc(-c2ccc(C=C3SC(=O)N(Cc4ccco4)C3=O)o2)ccc1C(N)=O. The number of carbonyl (C=O) groups excluding carboxylic acids is 3. The molecule has 2 aromatic heterocycles. The molecule has 1 saturated heterocycles. The summed E-state index contributed by atoms with van der Waals surface area (Å²) in [6.45, 7) is 1.88. The van der Waals surface area contributed by atoms with Crippen molar-refractivity contribution in [1.82, 2.24) is 4.90 Å². The van der Waals surface area contributed by atoms with E-state index in [-0.39, 0.29) is 16.7 Å². The summed E-state index contributed by atoms with van der Waals surface area (Å²) < 4.78 is 11.0. The third-order valence-corrected chi connectivity index (χ3v) is 5.35. The van der Waals surface area contributed by atoms with Gasteiger partial charge in [0.2, 0.25) is 5.91 Å². The van der Waals surface area contributed by atoms with Crippen LogP contribution >= 0.6 is 11.8 Å². The molecule has 3 aromatic rings. The van der Waals surface area contributed by atoms with Crippen LogP contribution in [0.2, 0.25) is 0 Å². The summed E-state index contributed by atoms with van der Waals surface area (Å²) in [6, 6.07) is 12.1. The first kappa shape index (κ1) is 18.8. The fourth-order valence-corrected chi connectivity index (χ4v) is 3.82. The van der Waals surface area contributed by atoms with Gasteiger partial charge in [-0.2, -0.15) is 0 Å². The number of furan rings is 2. The van der Waals surface area contributed by atoms with Crippen LogP contribution in [0.5, 0.6) is 0 Å². The minimum Gasteiger partial charge on any atom is -0.467 e. The third kappa shape index (κ3) is 3.74. The Morgan fingerprint density at radius 3 is 2.72 bits per heavy atom. The van der Waals surface area contributed by atoms with Gasteiger partial charge in [-0.3, -0.25) is 19.3 Å².